The minimum Gasteiger partial charge on any atom is -0.497 e. The van der Waals surface area contributed by atoms with E-state index in [4.69, 9.17) is 4.74 Å². The van der Waals surface area contributed by atoms with Gasteiger partial charge in [0, 0.05) is 29.6 Å². The Hall–Kier alpha value is -3.04. The maximum atomic E-state index is 13.7. The molecular weight excluding hydrogens is 470 g/mol. The molecule has 5 rings (SSSR count). The predicted octanol–water partition coefficient (Wildman–Crippen LogP) is 4.09. The molecule has 0 spiro atoms. The number of nitrogens with zero attached hydrogens (tertiary/aromatic N) is 2. The zero-order valence-electron chi connectivity index (χ0n) is 19.1. The van der Waals surface area contributed by atoms with Crippen molar-refractivity contribution in [2.45, 2.75) is 30.0 Å². The molecule has 7 nitrogen and oxygen atoms in total. The molecular formula is C25H25N3O4S2. The summed E-state index contributed by atoms with van der Waals surface area (Å²) in [5, 5.41) is 0.0895. The molecule has 1 saturated heterocycles. The highest BCUT2D eigenvalue weighted by molar-refractivity contribution is 8.00. The Bertz CT molecular complexity index is 1280. The van der Waals surface area contributed by atoms with Crippen LogP contribution in [0.1, 0.15) is 30.2 Å². The van der Waals surface area contributed by atoms with Gasteiger partial charge in [0.25, 0.3) is 0 Å². The van der Waals surface area contributed by atoms with Crippen LogP contribution in [0.25, 0.3) is 0 Å². The highest BCUT2D eigenvalue weighted by Crippen LogP contribution is 2.53. The highest BCUT2D eigenvalue weighted by Gasteiger charge is 2.56. The molecule has 0 bridgehead atoms. The van der Waals surface area contributed by atoms with Gasteiger partial charge in [0.1, 0.15) is 11.0 Å². The Kier molecular flexibility index (Phi) is 5.99. The van der Waals surface area contributed by atoms with Crippen LogP contribution in [0.15, 0.2) is 58.4 Å². The van der Waals surface area contributed by atoms with Gasteiger partial charge in [-0.2, -0.15) is 0 Å². The van der Waals surface area contributed by atoms with Crippen molar-refractivity contribution in [3.05, 3.63) is 68.6 Å². The number of thioether (sulfide) groups is 1. The van der Waals surface area contributed by atoms with Gasteiger partial charge in [0.05, 0.1) is 23.7 Å². The summed E-state index contributed by atoms with van der Waals surface area (Å²) in [5.41, 5.74) is 2.56. The fraction of sp³-hybridized carbons (Fsp3) is 0.320. The number of hydrogen-bond donors (Lipinski definition) is 1. The molecule has 3 unspecified atom stereocenters. The van der Waals surface area contributed by atoms with Crippen LogP contribution in [0.5, 0.6) is 5.75 Å². The van der Waals surface area contributed by atoms with E-state index in [1.54, 1.807) is 31.4 Å². The molecule has 2 aromatic carbocycles. The van der Waals surface area contributed by atoms with Crippen molar-refractivity contribution in [1.82, 2.24) is 4.98 Å². The van der Waals surface area contributed by atoms with E-state index in [0.717, 1.165) is 40.6 Å². The number of anilines is 2. The van der Waals surface area contributed by atoms with Crippen molar-refractivity contribution in [2.75, 3.05) is 30.0 Å². The van der Waals surface area contributed by atoms with E-state index < -0.39 is 11.2 Å². The summed E-state index contributed by atoms with van der Waals surface area (Å²) in [6, 6.07) is 15.1. The number of aromatic amines is 1. The van der Waals surface area contributed by atoms with Crippen LogP contribution >= 0.6 is 23.1 Å². The van der Waals surface area contributed by atoms with Gasteiger partial charge >= 0.3 is 4.87 Å². The van der Waals surface area contributed by atoms with Crippen LogP contribution in [0, 0.1) is 5.92 Å². The van der Waals surface area contributed by atoms with E-state index in [2.05, 4.69) is 35.9 Å². The second kappa shape index (κ2) is 8.96. The van der Waals surface area contributed by atoms with Crippen molar-refractivity contribution in [3.8, 4) is 5.75 Å². The molecule has 1 N–H and O–H groups in total. The minimum absolute atomic E-state index is 0.172. The number of carbonyl (C=O) groups is 2. The molecule has 0 saturated carbocycles. The zero-order valence-corrected chi connectivity index (χ0v) is 20.7. The van der Waals surface area contributed by atoms with Gasteiger partial charge in [-0.05, 0) is 55.8 Å². The van der Waals surface area contributed by atoms with Crippen molar-refractivity contribution < 1.29 is 14.3 Å². The lowest BCUT2D eigenvalue weighted by molar-refractivity contribution is -0.122. The number of nitrogens with one attached hydrogen (secondary N) is 1. The van der Waals surface area contributed by atoms with Crippen molar-refractivity contribution in [2.24, 2.45) is 5.92 Å². The van der Waals surface area contributed by atoms with Crippen LogP contribution in [0.2, 0.25) is 0 Å². The lowest BCUT2D eigenvalue weighted by atomic mass is 9.83. The molecule has 3 atom stereocenters. The number of fused-ring (bicyclic) bond motifs is 2. The fourth-order valence-electron chi connectivity index (χ4n) is 4.84. The number of rotatable bonds is 6. The molecule has 2 aliphatic heterocycles. The molecule has 0 aliphatic carbocycles. The Morgan fingerprint density at radius 3 is 2.26 bits per heavy atom. The number of amides is 2. The first-order valence-electron chi connectivity index (χ1n) is 11.2. The number of H-pyrrole nitrogens is 1. The maximum Gasteiger partial charge on any atom is 0.305 e. The molecule has 9 heteroatoms. The lowest BCUT2D eigenvalue weighted by Gasteiger charge is -2.30. The SMILES string of the molecule is CCN(CC)c1ccc(C2c3sc(=O)[nH]c3SC3C(=O)N(c4ccc(OC)cc4)C(=O)C32)cc1. The molecule has 3 aromatic rings. The van der Waals surface area contributed by atoms with E-state index in [0.29, 0.717) is 16.5 Å². The molecule has 176 valence electrons. The number of hydrogen-bond acceptors (Lipinski definition) is 7. The van der Waals surface area contributed by atoms with Crippen LogP contribution in [-0.2, 0) is 9.59 Å². The van der Waals surface area contributed by atoms with Gasteiger partial charge in [-0.15, -0.1) is 0 Å². The topological polar surface area (TPSA) is 82.7 Å². The number of carbonyl (C=O) groups excluding carboxylic acids is 2. The zero-order chi connectivity index (χ0) is 24.0. The highest BCUT2D eigenvalue weighted by atomic mass is 32.2. The Morgan fingerprint density at radius 2 is 1.65 bits per heavy atom. The summed E-state index contributed by atoms with van der Waals surface area (Å²) in [4.78, 5) is 46.5. The molecule has 0 radical (unpaired) electrons. The smallest absolute Gasteiger partial charge is 0.305 e. The third-order valence-corrected chi connectivity index (χ3v) is 8.94. The standard InChI is InChI=1S/C25H25N3O4S2/c1-4-27(5-2)15-8-6-14(7-9-15)18-19-21(33-22-20(18)34-25(31)26-22)24(30)28(23(19)29)16-10-12-17(32-3)13-11-16/h6-13,18-19,21H,4-5H2,1-3H3,(H,26,31). The summed E-state index contributed by atoms with van der Waals surface area (Å²) in [5.74, 6) is -0.793. The lowest BCUT2D eigenvalue weighted by Crippen LogP contribution is -2.32. The molecule has 3 heterocycles. The summed E-state index contributed by atoms with van der Waals surface area (Å²) in [6.07, 6.45) is 0. The van der Waals surface area contributed by atoms with Crippen molar-refractivity contribution in [1.29, 1.82) is 0 Å². The third-order valence-electron chi connectivity index (χ3n) is 6.54. The second-order valence-corrected chi connectivity index (χ2v) is 10.4. The minimum atomic E-state index is -0.597. The van der Waals surface area contributed by atoms with Gasteiger partial charge in [0.15, 0.2) is 0 Å². The van der Waals surface area contributed by atoms with E-state index in [1.807, 2.05) is 12.1 Å². The van der Waals surface area contributed by atoms with Gasteiger partial charge in [0.2, 0.25) is 11.8 Å². The van der Waals surface area contributed by atoms with Gasteiger partial charge in [-0.3, -0.25) is 14.4 Å². The van der Waals surface area contributed by atoms with Gasteiger partial charge in [-0.1, -0.05) is 35.2 Å². The van der Waals surface area contributed by atoms with E-state index in [9.17, 15) is 14.4 Å². The summed E-state index contributed by atoms with van der Waals surface area (Å²) < 4.78 is 5.21. The maximum absolute atomic E-state index is 13.7. The van der Waals surface area contributed by atoms with Crippen LogP contribution in [0.4, 0.5) is 11.4 Å². The monoisotopic (exact) mass is 495 g/mol. The van der Waals surface area contributed by atoms with Crippen molar-refractivity contribution >= 4 is 46.3 Å². The number of methoxy groups -OCH3 is 1. The van der Waals surface area contributed by atoms with Crippen LogP contribution < -0.4 is 19.4 Å². The average molecular weight is 496 g/mol. The van der Waals surface area contributed by atoms with Crippen molar-refractivity contribution in [3.63, 3.8) is 0 Å². The Balaban J connectivity index is 1.57. The molecule has 1 fully saturated rings. The van der Waals surface area contributed by atoms with E-state index >= 15 is 0 Å². The number of ether oxygens (including phenoxy) is 1. The number of benzene rings is 2. The first kappa shape index (κ1) is 22.7. The number of imide groups is 1. The molecule has 1 aromatic heterocycles. The number of aromatic nitrogens is 1. The quantitative estimate of drug-likeness (QED) is 0.519. The Morgan fingerprint density at radius 1 is 0.971 bits per heavy atom. The van der Waals surface area contributed by atoms with E-state index in [1.165, 1.54) is 16.7 Å². The van der Waals surface area contributed by atoms with Gasteiger partial charge in [-0.25, -0.2) is 4.90 Å². The first-order valence-corrected chi connectivity index (χ1v) is 12.9. The predicted molar refractivity (Wildman–Crippen MR) is 135 cm³/mol. The van der Waals surface area contributed by atoms with E-state index in [-0.39, 0.29) is 22.6 Å². The Labute approximate surface area is 205 Å². The van der Waals surface area contributed by atoms with Crippen LogP contribution in [0.3, 0.4) is 0 Å². The molecule has 2 amide bonds. The van der Waals surface area contributed by atoms with Crippen LogP contribution in [-0.4, -0.2) is 42.2 Å². The second-order valence-electron chi connectivity index (χ2n) is 8.22. The fourth-order valence-corrected chi connectivity index (χ4v) is 7.36. The summed E-state index contributed by atoms with van der Waals surface area (Å²) in [7, 11) is 1.57. The number of thiazole rings is 1. The third kappa shape index (κ3) is 3.63. The summed E-state index contributed by atoms with van der Waals surface area (Å²) >= 11 is 2.42. The largest absolute Gasteiger partial charge is 0.497 e. The average Bonchev–Trinajstić information content (AvgIpc) is 3.35. The summed E-state index contributed by atoms with van der Waals surface area (Å²) in [6.45, 7) is 6.02. The normalized spacial score (nSPS) is 21.4. The molecule has 34 heavy (non-hydrogen) atoms. The first-order chi connectivity index (χ1) is 16.5. The van der Waals surface area contributed by atoms with Gasteiger partial charge < -0.3 is 14.6 Å². The molecule has 2 aliphatic rings.